The molecule has 20 heavy (non-hydrogen) atoms. The van der Waals surface area contributed by atoms with Crippen LogP contribution in [0.5, 0.6) is 0 Å². The van der Waals surface area contributed by atoms with E-state index in [-0.39, 0.29) is 5.97 Å². The lowest BCUT2D eigenvalue weighted by molar-refractivity contribution is 0.0530. The Balaban J connectivity index is 2.29. The Bertz CT molecular complexity index is 720. The zero-order chi connectivity index (χ0) is 14.3. The molecule has 0 saturated heterocycles. The van der Waals surface area contributed by atoms with Crippen molar-refractivity contribution in [3.8, 4) is 0 Å². The van der Waals surface area contributed by atoms with Crippen LogP contribution in [0.4, 0.5) is 0 Å². The van der Waals surface area contributed by atoms with E-state index in [4.69, 9.17) is 16.3 Å². The summed E-state index contributed by atoms with van der Waals surface area (Å²) in [7, 11) is 1.98. The topological polar surface area (TPSA) is 29.5 Å². The number of ether oxygens (including phenoxy) is 1. The third kappa shape index (κ3) is 2.09. The molecular formula is C15H14ClNO2S. The van der Waals surface area contributed by atoms with Gasteiger partial charge in [-0.25, -0.2) is 4.79 Å². The minimum absolute atomic E-state index is 0.249. The monoisotopic (exact) mass is 307 g/mol. The van der Waals surface area contributed by atoms with E-state index < -0.39 is 0 Å². The Labute approximate surface area is 126 Å². The van der Waals surface area contributed by atoms with Crippen LogP contribution in [-0.4, -0.2) is 24.5 Å². The highest BCUT2D eigenvalue weighted by molar-refractivity contribution is 7.21. The Morgan fingerprint density at radius 3 is 3.05 bits per heavy atom. The van der Waals surface area contributed by atoms with Gasteiger partial charge in [-0.1, -0.05) is 11.6 Å². The second kappa shape index (κ2) is 5.11. The van der Waals surface area contributed by atoms with E-state index in [1.54, 1.807) is 0 Å². The molecule has 1 aliphatic rings. The number of esters is 1. The number of halogens is 1. The molecule has 1 aromatic carbocycles. The molecule has 0 N–H and O–H groups in total. The van der Waals surface area contributed by atoms with Crippen LogP contribution in [0.2, 0.25) is 5.02 Å². The summed E-state index contributed by atoms with van der Waals surface area (Å²) in [5.41, 5.74) is 1.99. The highest BCUT2D eigenvalue weighted by Crippen LogP contribution is 2.39. The summed E-state index contributed by atoms with van der Waals surface area (Å²) in [5, 5.41) is 1.78. The van der Waals surface area contributed by atoms with Crippen LogP contribution in [0, 0.1) is 0 Å². The molecule has 0 aliphatic carbocycles. The van der Waals surface area contributed by atoms with Crippen LogP contribution in [-0.2, 0) is 11.3 Å². The zero-order valence-electron chi connectivity index (χ0n) is 11.3. The Hall–Kier alpha value is -1.52. The molecule has 1 aromatic heterocycles. The van der Waals surface area contributed by atoms with Crippen LogP contribution >= 0.6 is 22.9 Å². The van der Waals surface area contributed by atoms with Gasteiger partial charge >= 0.3 is 5.97 Å². The number of thiophene rings is 1. The van der Waals surface area contributed by atoms with Crippen LogP contribution in [0.25, 0.3) is 16.2 Å². The minimum atomic E-state index is -0.249. The molecule has 0 unspecified atom stereocenters. The van der Waals surface area contributed by atoms with Crippen molar-refractivity contribution in [2.45, 2.75) is 13.5 Å². The van der Waals surface area contributed by atoms with E-state index in [0.29, 0.717) is 23.1 Å². The van der Waals surface area contributed by atoms with Gasteiger partial charge in [-0.2, -0.15) is 0 Å². The SMILES string of the molecule is CCOC(=O)c1sc2ccc(Cl)c3c2c1CN(C)C=C3. The molecule has 5 heteroatoms. The van der Waals surface area contributed by atoms with E-state index in [9.17, 15) is 4.79 Å². The Morgan fingerprint density at radius 1 is 1.50 bits per heavy atom. The predicted molar refractivity (Wildman–Crippen MR) is 83.3 cm³/mol. The van der Waals surface area contributed by atoms with E-state index in [2.05, 4.69) is 0 Å². The summed E-state index contributed by atoms with van der Waals surface area (Å²) < 4.78 is 6.24. The molecule has 3 rings (SSSR count). The van der Waals surface area contributed by atoms with Gasteiger partial charge in [0.05, 0.1) is 6.61 Å². The lowest BCUT2D eigenvalue weighted by Gasteiger charge is -2.12. The fraction of sp³-hybridized carbons (Fsp3) is 0.267. The molecule has 0 atom stereocenters. The molecule has 0 amide bonds. The van der Waals surface area contributed by atoms with Gasteiger partial charge in [0.2, 0.25) is 0 Å². The maximum atomic E-state index is 12.1. The van der Waals surface area contributed by atoms with Gasteiger partial charge in [0, 0.05) is 39.8 Å². The smallest absolute Gasteiger partial charge is 0.348 e. The van der Waals surface area contributed by atoms with E-state index in [0.717, 1.165) is 21.2 Å². The molecule has 3 nitrogen and oxygen atoms in total. The fourth-order valence-corrected chi connectivity index (χ4v) is 3.78. The first-order chi connectivity index (χ1) is 9.61. The van der Waals surface area contributed by atoms with Crippen molar-refractivity contribution in [3.05, 3.63) is 39.4 Å². The zero-order valence-corrected chi connectivity index (χ0v) is 12.8. The summed E-state index contributed by atoms with van der Waals surface area (Å²) in [6.07, 6.45) is 3.99. The van der Waals surface area contributed by atoms with Crippen LogP contribution in [0.3, 0.4) is 0 Å². The van der Waals surface area contributed by atoms with Crippen molar-refractivity contribution < 1.29 is 9.53 Å². The number of nitrogens with zero attached hydrogens (tertiary/aromatic N) is 1. The average Bonchev–Trinajstić information content (AvgIpc) is 2.67. The fourth-order valence-electron chi connectivity index (χ4n) is 2.43. The third-order valence-electron chi connectivity index (χ3n) is 3.31. The van der Waals surface area contributed by atoms with Gasteiger partial charge in [-0.3, -0.25) is 0 Å². The van der Waals surface area contributed by atoms with E-state index in [1.807, 2.05) is 43.3 Å². The summed E-state index contributed by atoms with van der Waals surface area (Å²) in [5.74, 6) is -0.249. The molecule has 2 heterocycles. The molecular weight excluding hydrogens is 294 g/mol. The second-order valence-electron chi connectivity index (χ2n) is 4.70. The summed E-state index contributed by atoms with van der Waals surface area (Å²) in [6.45, 7) is 2.88. The van der Waals surface area contributed by atoms with Gasteiger partial charge in [0.15, 0.2) is 0 Å². The third-order valence-corrected chi connectivity index (χ3v) is 4.81. The first-order valence-electron chi connectivity index (χ1n) is 6.41. The molecule has 0 bridgehead atoms. The standard InChI is InChI=1S/C15H14ClNO2S/c1-3-19-15(18)14-10-8-17(2)7-6-9-11(16)4-5-12(20-14)13(9)10/h4-7H,3,8H2,1-2H3. The number of hydrogen-bond donors (Lipinski definition) is 0. The normalized spacial score (nSPS) is 13.7. The maximum absolute atomic E-state index is 12.1. The highest BCUT2D eigenvalue weighted by Gasteiger charge is 2.23. The Morgan fingerprint density at radius 2 is 2.30 bits per heavy atom. The van der Waals surface area contributed by atoms with Crippen molar-refractivity contribution in [2.24, 2.45) is 0 Å². The molecule has 104 valence electrons. The molecule has 2 aromatic rings. The summed E-state index contributed by atoms with van der Waals surface area (Å²) in [4.78, 5) is 14.9. The van der Waals surface area contributed by atoms with Crippen LogP contribution in [0.1, 0.15) is 27.7 Å². The summed E-state index contributed by atoms with van der Waals surface area (Å²) >= 11 is 7.78. The van der Waals surface area contributed by atoms with E-state index in [1.165, 1.54) is 11.3 Å². The van der Waals surface area contributed by atoms with Gasteiger partial charge < -0.3 is 9.64 Å². The van der Waals surface area contributed by atoms with Crippen molar-refractivity contribution in [2.75, 3.05) is 13.7 Å². The number of carbonyl (C=O) groups excluding carboxylic acids is 1. The first kappa shape index (κ1) is 13.5. The van der Waals surface area contributed by atoms with Crippen LogP contribution in [0.15, 0.2) is 18.3 Å². The minimum Gasteiger partial charge on any atom is -0.462 e. The predicted octanol–water partition coefficient (Wildman–Crippen LogP) is 4.15. The Kier molecular flexibility index (Phi) is 3.44. The molecule has 0 radical (unpaired) electrons. The van der Waals surface area contributed by atoms with Crippen molar-refractivity contribution in [1.82, 2.24) is 4.90 Å². The van der Waals surface area contributed by atoms with Crippen molar-refractivity contribution in [3.63, 3.8) is 0 Å². The lowest BCUT2D eigenvalue weighted by Crippen LogP contribution is -2.12. The van der Waals surface area contributed by atoms with Gasteiger partial charge in [-0.05, 0) is 31.3 Å². The number of rotatable bonds is 2. The maximum Gasteiger partial charge on any atom is 0.348 e. The van der Waals surface area contributed by atoms with Crippen molar-refractivity contribution in [1.29, 1.82) is 0 Å². The quantitative estimate of drug-likeness (QED) is 0.781. The van der Waals surface area contributed by atoms with Crippen molar-refractivity contribution >= 4 is 45.1 Å². The largest absolute Gasteiger partial charge is 0.462 e. The number of carbonyl (C=O) groups is 1. The van der Waals surface area contributed by atoms with Gasteiger partial charge in [-0.15, -0.1) is 11.3 Å². The molecule has 0 spiro atoms. The number of benzene rings is 1. The first-order valence-corrected chi connectivity index (χ1v) is 7.60. The second-order valence-corrected chi connectivity index (χ2v) is 6.15. The molecule has 0 saturated carbocycles. The molecule has 1 aliphatic heterocycles. The highest BCUT2D eigenvalue weighted by atomic mass is 35.5. The molecule has 0 fully saturated rings. The van der Waals surface area contributed by atoms with Gasteiger partial charge in [0.25, 0.3) is 0 Å². The van der Waals surface area contributed by atoms with E-state index >= 15 is 0 Å². The number of hydrogen-bond acceptors (Lipinski definition) is 4. The average molecular weight is 308 g/mol. The van der Waals surface area contributed by atoms with Crippen LogP contribution < -0.4 is 0 Å². The van der Waals surface area contributed by atoms with Gasteiger partial charge in [0.1, 0.15) is 4.88 Å². The lowest BCUT2D eigenvalue weighted by atomic mass is 10.1. The summed E-state index contributed by atoms with van der Waals surface area (Å²) in [6, 6.07) is 3.85.